The summed E-state index contributed by atoms with van der Waals surface area (Å²) in [7, 11) is 0. The molecule has 1 atom stereocenters. The molecule has 3 aromatic rings. The van der Waals surface area contributed by atoms with E-state index < -0.39 is 0 Å². The van der Waals surface area contributed by atoms with Crippen LogP contribution in [-0.4, -0.2) is 34.3 Å². The van der Waals surface area contributed by atoms with E-state index in [0.717, 1.165) is 44.2 Å². The molecule has 4 rings (SSSR count). The van der Waals surface area contributed by atoms with Gasteiger partial charge in [-0.3, -0.25) is 0 Å². The van der Waals surface area contributed by atoms with Crippen LogP contribution >= 0.6 is 0 Å². The molecule has 3 heterocycles. The lowest BCUT2D eigenvalue weighted by Crippen LogP contribution is -2.11. The normalized spacial score (nSPS) is 17.7. The van der Waals surface area contributed by atoms with E-state index in [4.69, 9.17) is 4.74 Å². The lowest BCUT2D eigenvalue weighted by atomic mass is 10.1. The highest BCUT2D eigenvalue weighted by molar-refractivity contribution is 5.79. The summed E-state index contributed by atoms with van der Waals surface area (Å²) in [5, 5.41) is 4.67. The first-order chi connectivity index (χ1) is 11.4. The Morgan fingerprint density at radius 3 is 3.09 bits per heavy atom. The second-order valence-electron chi connectivity index (χ2n) is 5.88. The van der Waals surface area contributed by atoms with Gasteiger partial charge in [-0.2, -0.15) is 0 Å². The summed E-state index contributed by atoms with van der Waals surface area (Å²) in [4.78, 5) is 8.70. The van der Waals surface area contributed by atoms with Gasteiger partial charge in [-0.25, -0.2) is 9.97 Å². The lowest BCUT2D eigenvalue weighted by molar-refractivity contribution is 0.193. The molecule has 0 aliphatic carbocycles. The summed E-state index contributed by atoms with van der Waals surface area (Å²) >= 11 is 0. The molecule has 1 fully saturated rings. The van der Waals surface area contributed by atoms with Gasteiger partial charge in [0, 0.05) is 43.4 Å². The Kier molecular flexibility index (Phi) is 3.94. The maximum Gasteiger partial charge on any atom is 0.129 e. The Hall–Kier alpha value is -2.40. The van der Waals surface area contributed by atoms with Crippen molar-refractivity contribution in [2.24, 2.45) is 0 Å². The SMILES string of the molecule is c1ccc2c(c1)ccn2CCNc1cc([C@H]2CCOC2)ncn1. The van der Waals surface area contributed by atoms with Crippen molar-refractivity contribution in [1.82, 2.24) is 14.5 Å². The van der Waals surface area contributed by atoms with Gasteiger partial charge >= 0.3 is 0 Å². The third-order valence-electron chi connectivity index (χ3n) is 4.38. The van der Waals surface area contributed by atoms with Crippen LogP contribution in [-0.2, 0) is 11.3 Å². The van der Waals surface area contributed by atoms with Crippen LogP contribution in [0.2, 0.25) is 0 Å². The topological polar surface area (TPSA) is 52.0 Å². The number of benzene rings is 1. The highest BCUT2D eigenvalue weighted by Crippen LogP contribution is 2.24. The number of nitrogens with one attached hydrogen (secondary N) is 1. The smallest absolute Gasteiger partial charge is 0.129 e. The summed E-state index contributed by atoms with van der Waals surface area (Å²) in [6, 6.07) is 12.6. The minimum atomic E-state index is 0.409. The maximum atomic E-state index is 5.44. The molecule has 0 spiro atoms. The fourth-order valence-corrected chi connectivity index (χ4v) is 3.10. The number of anilines is 1. The zero-order valence-corrected chi connectivity index (χ0v) is 13.0. The highest BCUT2D eigenvalue weighted by Gasteiger charge is 2.19. The molecule has 1 aliphatic rings. The second kappa shape index (κ2) is 6.38. The van der Waals surface area contributed by atoms with Crippen molar-refractivity contribution in [2.75, 3.05) is 25.1 Å². The predicted octanol–water partition coefficient (Wildman–Crippen LogP) is 3.05. The Labute approximate surface area is 135 Å². The van der Waals surface area contributed by atoms with Gasteiger partial charge in [0.15, 0.2) is 0 Å². The molecule has 5 heteroatoms. The van der Waals surface area contributed by atoms with Gasteiger partial charge in [0.1, 0.15) is 12.1 Å². The third kappa shape index (κ3) is 3.05. The molecule has 1 aliphatic heterocycles. The van der Waals surface area contributed by atoms with E-state index in [-0.39, 0.29) is 0 Å². The summed E-state index contributed by atoms with van der Waals surface area (Å²) in [6.45, 7) is 3.33. The molecule has 0 amide bonds. The van der Waals surface area contributed by atoms with E-state index >= 15 is 0 Å². The number of ether oxygens (including phenoxy) is 1. The molecule has 2 aromatic heterocycles. The first kappa shape index (κ1) is 14.2. The zero-order chi connectivity index (χ0) is 15.5. The summed E-state index contributed by atoms with van der Waals surface area (Å²) < 4.78 is 7.70. The molecule has 0 saturated carbocycles. The molecule has 118 valence electrons. The average Bonchev–Trinajstić information content (AvgIpc) is 3.25. The Bertz CT molecular complexity index is 792. The highest BCUT2D eigenvalue weighted by atomic mass is 16.5. The molecular formula is C18H20N4O. The van der Waals surface area contributed by atoms with Gasteiger partial charge in [-0.05, 0) is 23.9 Å². The average molecular weight is 308 g/mol. The number of hydrogen-bond donors (Lipinski definition) is 1. The molecule has 0 unspecified atom stereocenters. The van der Waals surface area contributed by atoms with Gasteiger partial charge in [0.05, 0.1) is 12.3 Å². The van der Waals surface area contributed by atoms with Crippen molar-refractivity contribution < 1.29 is 4.74 Å². The number of hydrogen-bond acceptors (Lipinski definition) is 4. The van der Waals surface area contributed by atoms with Crippen molar-refractivity contribution in [3.05, 3.63) is 54.6 Å². The molecule has 5 nitrogen and oxygen atoms in total. The first-order valence-corrected chi connectivity index (χ1v) is 8.07. The van der Waals surface area contributed by atoms with E-state index in [2.05, 4.69) is 56.4 Å². The largest absolute Gasteiger partial charge is 0.381 e. The van der Waals surface area contributed by atoms with Crippen LogP contribution in [0.15, 0.2) is 48.9 Å². The van der Waals surface area contributed by atoms with Gasteiger partial charge in [-0.15, -0.1) is 0 Å². The van der Waals surface area contributed by atoms with Gasteiger partial charge < -0.3 is 14.6 Å². The number of rotatable bonds is 5. The van der Waals surface area contributed by atoms with Crippen molar-refractivity contribution in [1.29, 1.82) is 0 Å². The summed E-state index contributed by atoms with van der Waals surface area (Å²) in [5.41, 5.74) is 2.34. The number of aromatic nitrogens is 3. The summed E-state index contributed by atoms with van der Waals surface area (Å²) in [5.74, 6) is 1.30. The number of fused-ring (bicyclic) bond motifs is 1. The van der Waals surface area contributed by atoms with Crippen LogP contribution in [0.25, 0.3) is 10.9 Å². The van der Waals surface area contributed by atoms with E-state index in [1.165, 1.54) is 10.9 Å². The quantitative estimate of drug-likeness (QED) is 0.787. The van der Waals surface area contributed by atoms with Crippen LogP contribution in [0.1, 0.15) is 18.0 Å². The van der Waals surface area contributed by atoms with Crippen LogP contribution in [0.3, 0.4) is 0 Å². The fraction of sp³-hybridized carbons (Fsp3) is 0.333. The number of para-hydroxylation sites is 1. The number of nitrogens with zero attached hydrogens (tertiary/aromatic N) is 3. The minimum absolute atomic E-state index is 0.409. The van der Waals surface area contributed by atoms with Crippen molar-refractivity contribution >= 4 is 16.7 Å². The first-order valence-electron chi connectivity index (χ1n) is 8.07. The fourth-order valence-electron chi connectivity index (χ4n) is 3.10. The molecule has 1 N–H and O–H groups in total. The zero-order valence-electron chi connectivity index (χ0n) is 13.0. The predicted molar refractivity (Wildman–Crippen MR) is 90.6 cm³/mol. The molecule has 1 aromatic carbocycles. The monoisotopic (exact) mass is 308 g/mol. The van der Waals surface area contributed by atoms with Crippen LogP contribution in [0.5, 0.6) is 0 Å². The molecular weight excluding hydrogens is 288 g/mol. The second-order valence-corrected chi connectivity index (χ2v) is 5.88. The maximum absolute atomic E-state index is 5.44. The van der Waals surface area contributed by atoms with E-state index in [9.17, 15) is 0 Å². The Morgan fingerprint density at radius 1 is 1.22 bits per heavy atom. The molecule has 1 saturated heterocycles. The third-order valence-corrected chi connectivity index (χ3v) is 4.38. The Morgan fingerprint density at radius 2 is 2.17 bits per heavy atom. The van der Waals surface area contributed by atoms with Crippen molar-refractivity contribution in [2.45, 2.75) is 18.9 Å². The summed E-state index contributed by atoms with van der Waals surface area (Å²) in [6.07, 6.45) is 4.82. The van der Waals surface area contributed by atoms with E-state index in [1.807, 2.05) is 6.07 Å². The Balaban J connectivity index is 1.40. The van der Waals surface area contributed by atoms with Crippen LogP contribution < -0.4 is 5.32 Å². The van der Waals surface area contributed by atoms with E-state index in [0.29, 0.717) is 5.92 Å². The van der Waals surface area contributed by atoms with Gasteiger partial charge in [0.2, 0.25) is 0 Å². The van der Waals surface area contributed by atoms with E-state index in [1.54, 1.807) is 6.33 Å². The van der Waals surface area contributed by atoms with Crippen LogP contribution in [0.4, 0.5) is 5.82 Å². The van der Waals surface area contributed by atoms with Crippen molar-refractivity contribution in [3.63, 3.8) is 0 Å². The standard InChI is InChI=1S/C18H20N4O/c1-2-4-17-14(3-1)5-8-22(17)9-7-19-18-11-16(20-13-21-18)15-6-10-23-12-15/h1-5,8,11,13,15H,6-7,9-10,12H2,(H,19,20,21)/t15-/m0/s1. The minimum Gasteiger partial charge on any atom is -0.381 e. The molecule has 0 radical (unpaired) electrons. The molecule has 23 heavy (non-hydrogen) atoms. The molecule has 0 bridgehead atoms. The lowest BCUT2D eigenvalue weighted by Gasteiger charge is -2.11. The van der Waals surface area contributed by atoms with Crippen LogP contribution in [0, 0.1) is 0 Å². The van der Waals surface area contributed by atoms with Crippen molar-refractivity contribution in [3.8, 4) is 0 Å². The van der Waals surface area contributed by atoms with Gasteiger partial charge in [0.25, 0.3) is 0 Å². The van der Waals surface area contributed by atoms with Gasteiger partial charge in [-0.1, -0.05) is 18.2 Å².